The third-order valence-electron chi connectivity index (χ3n) is 2.38. The number of nitrogens with zero attached hydrogens (tertiary/aromatic N) is 2. The van der Waals surface area contributed by atoms with Gasteiger partial charge in [-0.2, -0.15) is 0 Å². The maximum atomic E-state index is 11.9. The van der Waals surface area contributed by atoms with E-state index in [1.54, 1.807) is 12.1 Å². The average molecular weight is 226 g/mol. The zero-order chi connectivity index (χ0) is 10.7. The molecule has 0 radical (unpaired) electrons. The molecule has 2 rings (SSSR count). The van der Waals surface area contributed by atoms with Crippen molar-refractivity contribution in [3.63, 3.8) is 0 Å². The van der Waals surface area contributed by atoms with Gasteiger partial charge in [-0.3, -0.25) is 4.79 Å². The molecule has 1 amide bonds. The molecule has 1 aliphatic rings. The molecule has 2 heterocycles. The summed E-state index contributed by atoms with van der Waals surface area (Å²) in [4.78, 5) is 17.6. The molecule has 5 heteroatoms. The summed E-state index contributed by atoms with van der Waals surface area (Å²) in [6.07, 6.45) is 1.52. The molecule has 1 aromatic rings. The van der Waals surface area contributed by atoms with Crippen molar-refractivity contribution in [2.75, 3.05) is 26.2 Å². The van der Waals surface area contributed by atoms with Crippen molar-refractivity contribution in [3.8, 4) is 0 Å². The van der Waals surface area contributed by atoms with E-state index >= 15 is 0 Å². The van der Waals surface area contributed by atoms with E-state index in [9.17, 15) is 4.79 Å². The van der Waals surface area contributed by atoms with Gasteiger partial charge in [-0.1, -0.05) is 11.6 Å². The Morgan fingerprint density at radius 2 is 2.13 bits per heavy atom. The first-order valence-corrected chi connectivity index (χ1v) is 5.27. The quantitative estimate of drug-likeness (QED) is 0.719. The second-order valence-corrected chi connectivity index (χ2v) is 3.80. The zero-order valence-electron chi connectivity index (χ0n) is 8.24. The molecule has 0 bridgehead atoms. The second kappa shape index (κ2) is 4.59. The second-order valence-electron chi connectivity index (χ2n) is 3.41. The molecule has 1 fully saturated rings. The molecule has 0 spiro atoms. The van der Waals surface area contributed by atoms with Gasteiger partial charge in [0.1, 0.15) is 5.15 Å². The summed E-state index contributed by atoms with van der Waals surface area (Å²) in [5.41, 5.74) is 0.598. The van der Waals surface area contributed by atoms with E-state index < -0.39 is 0 Å². The third-order valence-corrected chi connectivity index (χ3v) is 2.60. The van der Waals surface area contributed by atoms with Crippen LogP contribution in [0.4, 0.5) is 0 Å². The van der Waals surface area contributed by atoms with Crippen LogP contribution in [0.1, 0.15) is 10.4 Å². The SMILES string of the molecule is O=C(c1ccc(Cl)nc1)N1CCNCC1. The summed E-state index contributed by atoms with van der Waals surface area (Å²) in [6, 6.07) is 3.34. The molecule has 15 heavy (non-hydrogen) atoms. The Bertz CT molecular complexity index is 346. The number of carbonyl (C=O) groups is 1. The maximum Gasteiger partial charge on any atom is 0.255 e. The lowest BCUT2D eigenvalue weighted by Gasteiger charge is -2.27. The van der Waals surface area contributed by atoms with Crippen molar-refractivity contribution < 1.29 is 4.79 Å². The number of carbonyl (C=O) groups excluding carboxylic acids is 1. The van der Waals surface area contributed by atoms with Crippen LogP contribution in [0.15, 0.2) is 18.3 Å². The lowest BCUT2D eigenvalue weighted by atomic mass is 10.2. The summed E-state index contributed by atoms with van der Waals surface area (Å²) in [6.45, 7) is 3.21. The van der Waals surface area contributed by atoms with E-state index in [4.69, 9.17) is 11.6 Å². The van der Waals surface area contributed by atoms with Gasteiger partial charge in [-0.25, -0.2) is 4.98 Å². The lowest BCUT2D eigenvalue weighted by Crippen LogP contribution is -2.46. The van der Waals surface area contributed by atoms with Gasteiger partial charge in [0.05, 0.1) is 5.56 Å². The van der Waals surface area contributed by atoms with Gasteiger partial charge < -0.3 is 10.2 Å². The Labute approximate surface area is 93.2 Å². The van der Waals surface area contributed by atoms with Crippen LogP contribution in [0.3, 0.4) is 0 Å². The molecule has 1 N–H and O–H groups in total. The highest BCUT2D eigenvalue weighted by Crippen LogP contribution is 2.08. The first kappa shape index (κ1) is 10.4. The molecule has 0 unspecified atom stereocenters. The molecule has 1 aliphatic heterocycles. The predicted octanol–water partition coefficient (Wildman–Crippen LogP) is 0.780. The number of amides is 1. The molecular weight excluding hydrogens is 214 g/mol. The van der Waals surface area contributed by atoms with E-state index in [1.165, 1.54) is 6.20 Å². The summed E-state index contributed by atoms with van der Waals surface area (Å²) < 4.78 is 0. The van der Waals surface area contributed by atoms with Crippen LogP contribution in [0, 0.1) is 0 Å². The van der Waals surface area contributed by atoms with E-state index in [-0.39, 0.29) is 5.91 Å². The maximum absolute atomic E-state index is 11.9. The number of pyridine rings is 1. The van der Waals surface area contributed by atoms with E-state index in [0.717, 1.165) is 26.2 Å². The Morgan fingerprint density at radius 1 is 1.40 bits per heavy atom. The first-order valence-electron chi connectivity index (χ1n) is 4.89. The zero-order valence-corrected chi connectivity index (χ0v) is 9.00. The number of nitrogens with one attached hydrogen (secondary N) is 1. The van der Waals surface area contributed by atoms with Gasteiger partial charge >= 0.3 is 0 Å². The van der Waals surface area contributed by atoms with Gasteiger partial charge in [-0.15, -0.1) is 0 Å². The highest BCUT2D eigenvalue weighted by molar-refractivity contribution is 6.29. The fourth-order valence-electron chi connectivity index (χ4n) is 1.55. The number of piperazine rings is 1. The molecule has 0 aliphatic carbocycles. The normalized spacial score (nSPS) is 16.5. The summed E-state index contributed by atoms with van der Waals surface area (Å²) in [5, 5.41) is 3.61. The summed E-state index contributed by atoms with van der Waals surface area (Å²) in [7, 11) is 0. The average Bonchev–Trinajstić information content (AvgIpc) is 2.30. The minimum absolute atomic E-state index is 0.0284. The smallest absolute Gasteiger partial charge is 0.255 e. The van der Waals surface area contributed by atoms with Crippen LogP contribution in [0.2, 0.25) is 5.15 Å². The highest BCUT2D eigenvalue weighted by Gasteiger charge is 2.17. The van der Waals surface area contributed by atoms with Crippen molar-refractivity contribution in [1.29, 1.82) is 0 Å². The summed E-state index contributed by atoms with van der Waals surface area (Å²) in [5.74, 6) is 0.0284. The third kappa shape index (κ3) is 2.46. The van der Waals surface area contributed by atoms with Gasteiger partial charge in [0.25, 0.3) is 5.91 Å². The van der Waals surface area contributed by atoms with Gasteiger partial charge in [-0.05, 0) is 12.1 Å². The fraction of sp³-hybridized carbons (Fsp3) is 0.400. The fourth-order valence-corrected chi connectivity index (χ4v) is 1.66. The number of aromatic nitrogens is 1. The molecule has 0 atom stereocenters. The molecule has 4 nitrogen and oxygen atoms in total. The molecule has 0 aromatic carbocycles. The molecule has 1 saturated heterocycles. The highest BCUT2D eigenvalue weighted by atomic mass is 35.5. The van der Waals surface area contributed by atoms with Gasteiger partial charge in [0, 0.05) is 32.4 Å². The van der Waals surface area contributed by atoms with Crippen molar-refractivity contribution in [1.82, 2.24) is 15.2 Å². The number of hydrogen-bond acceptors (Lipinski definition) is 3. The minimum Gasteiger partial charge on any atom is -0.336 e. The molecule has 80 valence electrons. The van der Waals surface area contributed by atoms with Crippen molar-refractivity contribution in [3.05, 3.63) is 29.0 Å². The van der Waals surface area contributed by atoms with Crippen molar-refractivity contribution in [2.24, 2.45) is 0 Å². The van der Waals surface area contributed by atoms with Crippen LogP contribution in [0.5, 0.6) is 0 Å². The topological polar surface area (TPSA) is 45.2 Å². The van der Waals surface area contributed by atoms with Crippen LogP contribution in [-0.2, 0) is 0 Å². The number of rotatable bonds is 1. The van der Waals surface area contributed by atoms with E-state index in [2.05, 4.69) is 10.3 Å². The summed E-state index contributed by atoms with van der Waals surface area (Å²) >= 11 is 5.66. The van der Waals surface area contributed by atoms with Crippen LogP contribution in [-0.4, -0.2) is 42.0 Å². The van der Waals surface area contributed by atoms with Gasteiger partial charge in [0.2, 0.25) is 0 Å². The predicted molar refractivity (Wildman–Crippen MR) is 58.0 cm³/mol. The number of hydrogen-bond donors (Lipinski definition) is 1. The lowest BCUT2D eigenvalue weighted by molar-refractivity contribution is 0.0735. The molecular formula is C10H12ClN3O. The van der Waals surface area contributed by atoms with Crippen LogP contribution in [0.25, 0.3) is 0 Å². The standard InChI is InChI=1S/C10H12ClN3O/c11-9-2-1-8(7-13-9)10(15)14-5-3-12-4-6-14/h1-2,7,12H,3-6H2. The van der Waals surface area contributed by atoms with E-state index in [1.807, 2.05) is 4.90 Å². The van der Waals surface area contributed by atoms with Gasteiger partial charge in [0.15, 0.2) is 0 Å². The first-order chi connectivity index (χ1) is 7.27. The Kier molecular flexibility index (Phi) is 3.18. The van der Waals surface area contributed by atoms with E-state index in [0.29, 0.717) is 10.7 Å². The van der Waals surface area contributed by atoms with Crippen molar-refractivity contribution in [2.45, 2.75) is 0 Å². The van der Waals surface area contributed by atoms with Crippen LogP contribution < -0.4 is 5.32 Å². The minimum atomic E-state index is 0.0284. The Balaban J connectivity index is 2.09. The van der Waals surface area contributed by atoms with Crippen LogP contribution >= 0.6 is 11.6 Å². The Hall–Kier alpha value is -1.13. The monoisotopic (exact) mass is 225 g/mol. The molecule has 1 aromatic heterocycles. The molecule has 0 saturated carbocycles. The van der Waals surface area contributed by atoms with Crippen molar-refractivity contribution >= 4 is 17.5 Å². The number of halogens is 1. The largest absolute Gasteiger partial charge is 0.336 e. The Morgan fingerprint density at radius 3 is 2.73 bits per heavy atom.